The highest BCUT2D eigenvalue weighted by atomic mass is 35.5. The summed E-state index contributed by atoms with van der Waals surface area (Å²) in [6, 6.07) is 4.28. The smallest absolute Gasteiger partial charge is 0.314 e. The zero-order valence-corrected chi connectivity index (χ0v) is 13.6. The van der Waals surface area contributed by atoms with Crippen LogP contribution in [0.5, 0.6) is 0 Å². The molecule has 1 aliphatic rings. The van der Waals surface area contributed by atoms with Gasteiger partial charge in [0, 0.05) is 32.2 Å². The molecule has 6 heteroatoms. The molecule has 0 aliphatic carbocycles. The third-order valence-corrected chi connectivity index (χ3v) is 4.28. The van der Waals surface area contributed by atoms with Crippen LogP contribution in [0, 0.1) is 5.92 Å². The summed E-state index contributed by atoms with van der Waals surface area (Å²) in [5.41, 5.74) is 0.107. The Hall–Kier alpha value is -0.780. The first-order chi connectivity index (χ1) is 10.3. The predicted octanol–water partition coefficient (Wildman–Crippen LogP) is 4.35. The highest BCUT2D eigenvalue weighted by molar-refractivity contribution is 6.31. The fourth-order valence-corrected chi connectivity index (χ4v) is 3.20. The van der Waals surface area contributed by atoms with Crippen LogP contribution in [0.25, 0.3) is 0 Å². The van der Waals surface area contributed by atoms with E-state index >= 15 is 0 Å². The van der Waals surface area contributed by atoms with Gasteiger partial charge in [-0.2, -0.15) is 13.2 Å². The van der Waals surface area contributed by atoms with E-state index in [1.54, 1.807) is 6.07 Å². The minimum atomic E-state index is -4.40. The van der Waals surface area contributed by atoms with Crippen molar-refractivity contribution in [2.75, 3.05) is 26.2 Å². The molecule has 1 aromatic carbocycles. The molecule has 1 fully saturated rings. The Bertz CT molecular complexity index is 497. The number of benzene rings is 1. The number of hydrogen-bond donors (Lipinski definition) is 1. The summed E-state index contributed by atoms with van der Waals surface area (Å²) in [7, 11) is 0. The molecule has 0 radical (unpaired) electrons. The first-order valence-electron chi connectivity index (χ1n) is 7.60. The lowest BCUT2D eigenvalue weighted by molar-refractivity contribution is -0.137. The van der Waals surface area contributed by atoms with Crippen molar-refractivity contribution in [3.05, 3.63) is 34.3 Å². The van der Waals surface area contributed by atoms with Crippen LogP contribution in [0.2, 0.25) is 5.02 Å². The second kappa shape index (κ2) is 7.20. The van der Waals surface area contributed by atoms with E-state index in [0.29, 0.717) is 5.92 Å². The summed E-state index contributed by atoms with van der Waals surface area (Å²) in [5, 5.41) is 3.08. The molecule has 0 amide bonds. The summed E-state index contributed by atoms with van der Waals surface area (Å²) in [4.78, 5) is 2.33. The number of nitrogens with zero attached hydrogens (tertiary/aromatic N) is 1. The molecule has 2 nitrogen and oxygen atoms in total. The molecule has 1 N–H and O–H groups in total. The first kappa shape index (κ1) is 17.6. The Morgan fingerprint density at radius 1 is 1.23 bits per heavy atom. The molecule has 1 aromatic rings. The number of alkyl halides is 3. The molecule has 1 atom stereocenters. The van der Waals surface area contributed by atoms with E-state index in [2.05, 4.69) is 24.1 Å². The highest BCUT2D eigenvalue weighted by Gasteiger charge is 2.34. The van der Waals surface area contributed by atoms with Crippen LogP contribution in [-0.4, -0.2) is 31.1 Å². The number of hydrogen-bond acceptors (Lipinski definition) is 2. The van der Waals surface area contributed by atoms with E-state index in [-0.39, 0.29) is 11.1 Å². The third-order valence-electron chi connectivity index (χ3n) is 3.97. The maximum atomic E-state index is 12.8. The zero-order valence-electron chi connectivity index (χ0n) is 12.9. The lowest BCUT2D eigenvalue weighted by Gasteiger charge is -2.36. The van der Waals surface area contributed by atoms with E-state index in [1.165, 1.54) is 6.07 Å². The van der Waals surface area contributed by atoms with Crippen LogP contribution in [0.4, 0.5) is 13.2 Å². The summed E-state index contributed by atoms with van der Waals surface area (Å²) >= 11 is 5.88. The first-order valence-corrected chi connectivity index (χ1v) is 7.98. The summed E-state index contributed by atoms with van der Waals surface area (Å²) in [6.07, 6.45) is -3.50. The maximum absolute atomic E-state index is 12.8. The van der Waals surface area contributed by atoms with Gasteiger partial charge in [0.25, 0.3) is 0 Å². The predicted molar refractivity (Wildman–Crippen MR) is 83.1 cm³/mol. The monoisotopic (exact) mass is 334 g/mol. The van der Waals surface area contributed by atoms with Gasteiger partial charge in [0.2, 0.25) is 0 Å². The SMILES string of the molecule is CC(C)C[C@@H](c1ccc(C(F)(F)F)c(Cl)c1)N1CCNCC1. The fourth-order valence-electron chi connectivity index (χ4n) is 2.90. The lowest BCUT2D eigenvalue weighted by Crippen LogP contribution is -2.45. The van der Waals surface area contributed by atoms with Gasteiger partial charge in [-0.25, -0.2) is 0 Å². The van der Waals surface area contributed by atoms with Gasteiger partial charge in [0.05, 0.1) is 10.6 Å². The summed E-state index contributed by atoms with van der Waals surface area (Å²) < 4.78 is 38.5. The average Bonchev–Trinajstić information content (AvgIpc) is 2.44. The van der Waals surface area contributed by atoms with Gasteiger partial charge < -0.3 is 5.32 Å². The molecule has 124 valence electrons. The Morgan fingerprint density at radius 2 is 1.86 bits per heavy atom. The van der Waals surface area contributed by atoms with E-state index in [1.807, 2.05) is 0 Å². The van der Waals surface area contributed by atoms with Crippen molar-refractivity contribution < 1.29 is 13.2 Å². The van der Waals surface area contributed by atoms with Crippen molar-refractivity contribution >= 4 is 11.6 Å². The molecule has 0 unspecified atom stereocenters. The van der Waals surface area contributed by atoms with Crippen LogP contribution < -0.4 is 5.32 Å². The van der Waals surface area contributed by atoms with E-state index in [9.17, 15) is 13.2 Å². The van der Waals surface area contributed by atoms with Gasteiger partial charge in [0.15, 0.2) is 0 Å². The molecule has 2 rings (SSSR count). The van der Waals surface area contributed by atoms with Gasteiger partial charge in [-0.3, -0.25) is 4.90 Å². The van der Waals surface area contributed by atoms with Crippen LogP contribution in [0.1, 0.15) is 37.4 Å². The maximum Gasteiger partial charge on any atom is 0.417 e. The fraction of sp³-hybridized carbons (Fsp3) is 0.625. The highest BCUT2D eigenvalue weighted by Crippen LogP contribution is 2.37. The Labute approximate surface area is 134 Å². The van der Waals surface area contributed by atoms with Gasteiger partial charge in [-0.1, -0.05) is 31.5 Å². The molecular weight excluding hydrogens is 313 g/mol. The standard InChI is InChI=1S/C16H22ClF3N2/c1-11(2)9-15(22-7-5-21-6-8-22)12-3-4-13(14(17)10-12)16(18,19)20/h3-4,10-11,15,21H,5-9H2,1-2H3/t15-/m0/s1. The number of nitrogens with one attached hydrogen (secondary N) is 1. The number of halogens is 4. The second-order valence-electron chi connectivity index (χ2n) is 6.17. The molecule has 1 saturated heterocycles. The minimum Gasteiger partial charge on any atom is -0.314 e. The zero-order chi connectivity index (χ0) is 16.3. The van der Waals surface area contributed by atoms with Crippen molar-refractivity contribution in [1.82, 2.24) is 10.2 Å². The van der Waals surface area contributed by atoms with E-state index in [0.717, 1.165) is 44.2 Å². The van der Waals surface area contributed by atoms with E-state index < -0.39 is 11.7 Å². The number of piperazine rings is 1. The van der Waals surface area contributed by atoms with Crippen molar-refractivity contribution in [3.63, 3.8) is 0 Å². The van der Waals surface area contributed by atoms with Gasteiger partial charge in [-0.05, 0) is 30.0 Å². The van der Waals surface area contributed by atoms with Gasteiger partial charge in [0.1, 0.15) is 0 Å². The lowest BCUT2D eigenvalue weighted by atomic mass is 9.94. The van der Waals surface area contributed by atoms with Crippen LogP contribution >= 0.6 is 11.6 Å². The molecule has 0 bridgehead atoms. The Balaban J connectivity index is 2.29. The topological polar surface area (TPSA) is 15.3 Å². The molecule has 1 heterocycles. The van der Waals surface area contributed by atoms with Crippen molar-refractivity contribution in [2.45, 2.75) is 32.5 Å². The number of rotatable bonds is 4. The summed E-state index contributed by atoms with van der Waals surface area (Å²) in [6.45, 7) is 7.86. The Morgan fingerprint density at radius 3 is 2.36 bits per heavy atom. The van der Waals surface area contributed by atoms with Crippen LogP contribution in [0.3, 0.4) is 0 Å². The quantitative estimate of drug-likeness (QED) is 0.880. The molecule has 1 aliphatic heterocycles. The van der Waals surface area contributed by atoms with Crippen molar-refractivity contribution in [1.29, 1.82) is 0 Å². The Kier molecular flexibility index (Phi) is 5.75. The second-order valence-corrected chi connectivity index (χ2v) is 6.58. The molecule has 0 spiro atoms. The van der Waals surface area contributed by atoms with Crippen LogP contribution in [0.15, 0.2) is 18.2 Å². The largest absolute Gasteiger partial charge is 0.417 e. The molecule has 0 saturated carbocycles. The third kappa shape index (κ3) is 4.37. The van der Waals surface area contributed by atoms with Gasteiger partial charge in [-0.15, -0.1) is 0 Å². The van der Waals surface area contributed by atoms with Crippen molar-refractivity contribution in [3.8, 4) is 0 Å². The van der Waals surface area contributed by atoms with Crippen LogP contribution in [-0.2, 0) is 6.18 Å². The molecular formula is C16H22ClF3N2. The average molecular weight is 335 g/mol. The normalized spacial score (nSPS) is 18.7. The minimum absolute atomic E-state index is 0.113. The van der Waals surface area contributed by atoms with E-state index in [4.69, 9.17) is 11.6 Å². The van der Waals surface area contributed by atoms with Gasteiger partial charge >= 0.3 is 6.18 Å². The summed E-state index contributed by atoms with van der Waals surface area (Å²) in [5.74, 6) is 0.459. The molecule has 0 aromatic heterocycles. The van der Waals surface area contributed by atoms with Crippen molar-refractivity contribution in [2.24, 2.45) is 5.92 Å². The molecule has 22 heavy (non-hydrogen) atoms.